The summed E-state index contributed by atoms with van der Waals surface area (Å²) in [5.74, 6) is -0.127. The van der Waals surface area contributed by atoms with Gasteiger partial charge in [0.25, 0.3) is 0 Å². The minimum absolute atomic E-state index is 0.127. The Bertz CT molecular complexity index is 168. The molecule has 0 aliphatic heterocycles. The predicted octanol–water partition coefficient (Wildman–Crippen LogP) is 2.93. The molecule has 72 valence electrons. The van der Waals surface area contributed by atoms with Gasteiger partial charge in [0, 0.05) is 0 Å². The zero-order chi connectivity index (χ0) is 9.99. The van der Waals surface area contributed by atoms with Gasteiger partial charge >= 0.3 is 5.97 Å². The van der Waals surface area contributed by atoms with Gasteiger partial charge in [0.05, 0.1) is 0 Å². The maximum Gasteiger partial charge on any atom is 0.322 e. The minimum Gasteiger partial charge on any atom is -0.459 e. The van der Waals surface area contributed by atoms with E-state index in [-0.39, 0.29) is 15.0 Å². The lowest BCUT2D eigenvalue weighted by atomic mass is 10.1. The Balaban J connectivity index is 4.23. The second kappa shape index (κ2) is 3.94. The summed E-state index contributed by atoms with van der Waals surface area (Å²) >= 11 is 2.13. The number of alkyl halides is 1. The van der Waals surface area contributed by atoms with Gasteiger partial charge in [0.2, 0.25) is 0 Å². The lowest BCUT2D eigenvalue weighted by Crippen LogP contribution is -2.35. The van der Waals surface area contributed by atoms with Crippen LogP contribution in [0.15, 0.2) is 0 Å². The first-order valence-electron chi connectivity index (χ1n) is 4.11. The summed E-state index contributed by atoms with van der Waals surface area (Å²) in [6.45, 7) is 9.52. The van der Waals surface area contributed by atoms with Crippen molar-refractivity contribution in [1.82, 2.24) is 0 Å². The number of carbonyl (C=O) groups is 1. The van der Waals surface area contributed by atoms with Gasteiger partial charge in [0.15, 0.2) is 0 Å². The zero-order valence-corrected chi connectivity index (χ0v) is 10.6. The van der Waals surface area contributed by atoms with Crippen LogP contribution in [0.25, 0.3) is 0 Å². The molecule has 0 aromatic carbocycles. The van der Waals surface area contributed by atoms with E-state index in [0.29, 0.717) is 0 Å². The smallest absolute Gasteiger partial charge is 0.322 e. The molecular formula is C9H17IO2. The molecule has 0 fully saturated rings. The van der Waals surface area contributed by atoms with Gasteiger partial charge in [-0.05, 0) is 34.1 Å². The molecule has 3 heteroatoms. The van der Waals surface area contributed by atoms with Crippen LogP contribution in [-0.4, -0.2) is 15.0 Å². The first-order valence-corrected chi connectivity index (χ1v) is 5.19. The van der Waals surface area contributed by atoms with E-state index in [9.17, 15) is 4.79 Å². The van der Waals surface area contributed by atoms with E-state index < -0.39 is 0 Å². The monoisotopic (exact) mass is 284 g/mol. The molecule has 0 aromatic rings. The first kappa shape index (κ1) is 12.2. The molecule has 0 N–H and O–H groups in total. The molecule has 0 aliphatic rings. The van der Waals surface area contributed by atoms with Gasteiger partial charge in [-0.2, -0.15) is 0 Å². The molecule has 0 radical (unpaired) electrons. The van der Waals surface area contributed by atoms with E-state index in [1.165, 1.54) is 0 Å². The average molecular weight is 284 g/mol. The number of halogens is 1. The van der Waals surface area contributed by atoms with Crippen LogP contribution in [0.2, 0.25) is 0 Å². The van der Waals surface area contributed by atoms with Crippen molar-refractivity contribution < 1.29 is 9.53 Å². The van der Waals surface area contributed by atoms with E-state index in [0.717, 1.165) is 6.42 Å². The van der Waals surface area contributed by atoms with Crippen molar-refractivity contribution in [3.05, 3.63) is 0 Å². The molecule has 1 atom stereocenters. The Morgan fingerprint density at radius 2 is 1.75 bits per heavy atom. The molecule has 0 saturated heterocycles. The molecule has 0 aromatic heterocycles. The average Bonchev–Trinajstić information content (AvgIpc) is 1.84. The lowest BCUT2D eigenvalue weighted by molar-refractivity contribution is -0.156. The number of carbonyl (C=O) groups excluding carboxylic acids is 1. The Morgan fingerprint density at radius 1 is 1.33 bits per heavy atom. The van der Waals surface area contributed by atoms with Gasteiger partial charge in [0.1, 0.15) is 9.02 Å². The summed E-state index contributed by atoms with van der Waals surface area (Å²) in [6, 6.07) is 0. The third-order valence-corrected chi connectivity index (χ3v) is 2.69. The third kappa shape index (κ3) is 4.28. The zero-order valence-electron chi connectivity index (χ0n) is 8.40. The largest absolute Gasteiger partial charge is 0.459 e. The molecule has 2 nitrogen and oxygen atoms in total. The maximum atomic E-state index is 11.5. The third-order valence-electron chi connectivity index (χ3n) is 1.49. The highest BCUT2D eigenvalue weighted by atomic mass is 127. The fourth-order valence-corrected chi connectivity index (χ4v) is 0.639. The lowest BCUT2D eigenvalue weighted by Gasteiger charge is -2.26. The summed E-state index contributed by atoms with van der Waals surface area (Å²) in [7, 11) is 0. The van der Waals surface area contributed by atoms with Crippen molar-refractivity contribution in [1.29, 1.82) is 0 Å². The van der Waals surface area contributed by atoms with Gasteiger partial charge < -0.3 is 4.74 Å². The van der Waals surface area contributed by atoms with Crippen LogP contribution in [0.1, 0.15) is 41.0 Å². The molecule has 0 aliphatic carbocycles. The second-order valence-electron chi connectivity index (χ2n) is 4.05. The predicted molar refractivity (Wildman–Crippen MR) is 58.6 cm³/mol. The number of rotatable bonds is 2. The fraction of sp³-hybridized carbons (Fsp3) is 0.889. The molecule has 0 amide bonds. The van der Waals surface area contributed by atoms with Crippen molar-refractivity contribution in [2.75, 3.05) is 0 Å². The van der Waals surface area contributed by atoms with Crippen LogP contribution in [0, 0.1) is 0 Å². The van der Waals surface area contributed by atoms with Crippen LogP contribution >= 0.6 is 22.6 Å². The van der Waals surface area contributed by atoms with Crippen molar-refractivity contribution >= 4 is 28.6 Å². The molecule has 12 heavy (non-hydrogen) atoms. The molecule has 0 saturated carbocycles. The summed E-state index contributed by atoms with van der Waals surface area (Å²) < 4.78 is 4.86. The van der Waals surface area contributed by atoms with Crippen molar-refractivity contribution in [2.45, 2.75) is 50.1 Å². The number of hydrogen-bond donors (Lipinski definition) is 0. The van der Waals surface area contributed by atoms with Crippen molar-refractivity contribution in [3.63, 3.8) is 0 Å². The van der Waals surface area contributed by atoms with E-state index in [1.54, 1.807) is 0 Å². The van der Waals surface area contributed by atoms with Gasteiger partial charge in [-0.15, -0.1) is 0 Å². The van der Waals surface area contributed by atoms with Gasteiger partial charge in [-0.3, -0.25) is 4.79 Å². The first-order chi connectivity index (χ1) is 5.19. The Kier molecular flexibility index (Phi) is 4.00. The van der Waals surface area contributed by atoms with E-state index in [1.807, 2.05) is 34.6 Å². The topological polar surface area (TPSA) is 26.3 Å². The maximum absolute atomic E-state index is 11.5. The minimum atomic E-state index is -0.384. The van der Waals surface area contributed by atoms with Crippen molar-refractivity contribution in [3.8, 4) is 0 Å². The molecular weight excluding hydrogens is 267 g/mol. The van der Waals surface area contributed by atoms with E-state index >= 15 is 0 Å². The van der Waals surface area contributed by atoms with Gasteiger partial charge in [-0.1, -0.05) is 29.5 Å². The molecule has 0 spiro atoms. The number of hydrogen-bond acceptors (Lipinski definition) is 2. The SMILES string of the molecule is CCC(C)(I)C(=O)OC(C)(C)C. The van der Waals surface area contributed by atoms with Gasteiger partial charge in [-0.25, -0.2) is 0 Å². The molecule has 1 unspecified atom stereocenters. The fourth-order valence-electron chi connectivity index (χ4n) is 0.529. The highest BCUT2D eigenvalue weighted by Gasteiger charge is 2.32. The quantitative estimate of drug-likeness (QED) is 0.443. The normalized spacial score (nSPS) is 16.8. The summed E-state index contributed by atoms with van der Waals surface area (Å²) in [4.78, 5) is 11.5. The highest BCUT2D eigenvalue weighted by Crippen LogP contribution is 2.26. The molecule has 0 heterocycles. The van der Waals surface area contributed by atoms with Crippen LogP contribution < -0.4 is 0 Å². The summed E-state index contributed by atoms with van der Waals surface area (Å²) in [5.41, 5.74) is -0.376. The van der Waals surface area contributed by atoms with Crippen LogP contribution in [0.4, 0.5) is 0 Å². The van der Waals surface area contributed by atoms with E-state index in [2.05, 4.69) is 22.6 Å². The van der Waals surface area contributed by atoms with Crippen LogP contribution in [-0.2, 0) is 9.53 Å². The second-order valence-corrected chi connectivity index (χ2v) is 6.43. The highest BCUT2D eigenvalue weighted by molar-refractivity contribution is 14.1. The summed E-state index contributed by atoms with van der Waals surface area (Å²) in [6.07, 6.45) is 0.794. The van der Waals surface area contributed by atoms with E-state index in [4.69, 9.17) is 4.74 Å². The number of esters is 1. The van der Waals surface area contributed by atoms with Crippen LogP contribution in [0.3, 0.4) is 0 Å². The summed E-state index contributed by atoms with van der Waals surface area (Å²) in [5, 5.41) is 0. The molecule has 0 bridgehead atoms. The van der Waals surface area contributed by atoms with Crippen LogP contribution in [0.5, 0.6) is 0 Å². The Hall–Kier alpha value is 0.200. The Labute approximate surface area is 88.2 Å². The Morgan fingerprint density at radius 3 is 2.00 bits per heavy atom. The molecule has 0 rings (SSSR count). The van der Waals surface area contributed by atoms with Crippen molar-refractivity contribution in [2.24, 2.45) is 0 Å². The standard InChI is InChI=1S/C9H17IO2/c1-6-9(5,10)7(11)12-8(2,3)4/h6H2,1-5H3. The number of ether oxygens (including phenoxy) is 1.